The molecule has 1 atom stereocenters. The van der Waals surface area contributed by atoms with Crippen LogP contribution in [0.25, 0.3) is 0 Å². The molecule has 110 valence electrons. The van der Waals surface area contributed by atoms with E-state index in [9.17, 15) is 4.79 Å². The zero-order valence-electron chi connectivity index (χ0n) is 11.7. The fourth-order valence-electron chi connectivity index (χ4n) is 2.13. The Kier molecular flexibility index (Phi) is 3.92. The van der Waals surface area contributed by atoms with E-state index in [4.69, 9.17) is 19.5 Å². The summed E-state index contributed by atoms with van der Waals surface area (Å²) in [7, 11) is 0. The fraction of sp³-hybridized carbons (Fsp3) is 0.176. The van der Waals surface area contributed by atoms with Crippen LogP contribution in [-0.4, -0.2) is 18.7 Å². The predicted octanol–water partition coefficient (Wildman–Crippen LogP) is 2.44. The summed E-state index contributed by atoms with van der Waals surface area (Å²) in [5.41, 5.74) is 1.15. The van der Waals surface area contributed by atoms with Gasteiger partial charge in [0.2, 0.25) is 6.10 Å². The molecule has 1 aliphatic rings. The highest BCUT2D eigenvalue weighted by Gasteiger charge is 2.28. The lowest BCUT2D eigenvalue weighted by atomic mass is 10.1. The van der Waals surface area contributed by atoms with Crippen LogP contribution in [0.4, 0.5) is 0 Å². The molecule has 22 heavy (non-hydrogen) atoms. The van der Waals surface area contributed by atoms with Gasteiger partial charge < -0.3 is 14.2 Å². The van der Waals surface area contributed by atoms with Gasteiger partial charge in [-0.15, -0.1) is 0 Å². The Hall–Kier alpha value is -3.00. The number of benzene rings is 2. The maximum absolute atomic E-state index is 12.1. The number of nitriles is 1. The molecule has 0 fully saturated rings. The van der Waals surface area contributed by atoms with E-state index >= 15 is 0 Å². The number of hydrogen-bond acceptors (Lipinski definition) is 5. The van der Waals surface area contributed by atoms with Crippen molar-refractivity contribution < 1.29 is 19.0 Å². The second-order valence-corrected chi connectivity index (χ2v) is 4.74. The number of rotatable bonds is 3. The van der Waals surface area contributed by atoms with Crippen molar-refractivity contribution in [3.63, 3.8) is 0 Å². The largest absolute Gasteiger partial charge is 0.485 e. The highest BCUT2D eigenvalue weighted by atomic mass is 16.6. The molecule has 0 saturated heterocycles. The van der Waals surface area contributed by atoms with Crippen molar-refractivity contribution in [2.24, 2.45) is 0 Å². The average molecular weight is 295 g/mol. The van der Waals surface area contributed by atoms with E-state index in [1.165, 1.54) is 0 Å². The second-order valence-electron chi connectivity index (χ2n) is 4.74. The van der Waals surface area contributed by atoms with Gasteiger partial charge in [-0.05, 0) is 18.2 Å². The molecule has 0 radical (unpaired) electrons. The second kappa shape index (κ2) is 6.19. The third-order valence-corrected chi connectivity index (χ3v) is 3.28. The lowest BCUT2D eigenvalue weighted by molar-refractivity contribution is -0.155. The molecule has 0 spiro atoms. The Balaban J connectivity index is 1.63. The molecule has 1 unspecified atom stereocenters. The first-order chi connectivity index (χ1) is 10.8. The number of para-hydroxylation sites is 2. The standard InChI is InChI=1S/C17H13NO4/c18-9-12-5-1-2-6-13(12)10-21-17(19)16-11-20-14-7-3-4-8-15(14)22-16/h1-8,16H,10-11H2. The molecule has 0 aliphatic carbocycles. The molecule has 0 aromatic heterocycles. The molecule has 0 amide bonds. The lowest BCUT2D eigenvalue weighted by Gasteiger charge is -2.24. The third-order valence-electron chi connectivity index (χ3n) is 3.28. The topological polar surface area (TPSA) is 68.5 Å². The van der Waals surface area contributed by atoms with Crippen LogP contribution in [0.15, 0.2) is 48.5 Å². The predicted molar refractivity (Wildman–Crippen MR) is 77.3 cm³/mol. The van der Waals surface area contributed by atoms with Crippen molar-refractivity contribution >= 4 is 5.97 Å². The normalized spacial score (nSPS) is 15.7. The lowest BCUT2D eigenvalue weighted by Crippen LogP contribution is -2.37. The molecule has 5 heteroatoms. The van der Waals surface area contributed by atoms with Crippen LogP contribution >= 0.6 is 0 Å². The van der Waals surface area contributed by atoms with E-state index in [2.05, 4.69) is 6.07 Å². The Morgan fingerprint density at radius 2 is 1.91 bits per heavy atom. The number of ether oxygens (including phenoxy) is 3. The van der Waals surface area contributed by atoms with Gasteiger partial charge in [-0.25, -0.2) is 4.79 Å². The van der Waals surface area contributed by atoms with Crippen molar-refractivity contribution in [2.75, 3.05) is 6.61 Å². The quantitative estimate of drug-likeness (QED) is 0.813. The third kappa shape index (κ3) is 2.86. The van der Waals surface area contributed by atoms with Crippen LogP contribution in [0, 0.1) is 11.3 Å². The maximum atomic E-state index is 12.1. The van der Waals surface area contributed by atoms with Gasteiger partial charge in [-0.2, -0.15) is 5.26 Å². The highest BCUT2D eigenvalue weighted by Crippen LogP contribution is 2.31. The van der Waals surface area contributed by atoms with E-state index in [1.807, 2.05) is 6.07 Å². The van der Waals surface area contributed by atoms with Gasteiger partial charge in [-0.1, -0.05) is 30.3 Å². The van der Waals surface area contributed by atoms with Crippen LogP contribution in [0.1, 0.15) is 11.1 Å². The van der Waals surface area contributed by atoms with Crippen LogP contribution in [0.5, 0.6) is 11.5 Å². The highest BCUT2D eigenvalue weighted by molar-refractivity contribution is 5.76. The van der Waals surface area contributed by atoms with Gasteiger partial charge in [-0.3, -0.25) is 0 Å². The minimum atomic E-state index is -0.802. The molecule has 0 N–H and O–H groups in total. The Morgan fingerprint density at radius 1 is 1.18 bits per heavy atom. The van der Waals surface area contributed by atoms with Crippen molar-refractivity contribution in [2.45, 2.75) is 12.7 Å². The summed E-state index contributed by atoms with van der Waals surface area (Å²) in [5.74, 6) is 0.622. The molecule has 2 aromatic rings. The van der Waals surface area contributed by atoms with E-state index in [-0.39, 0.29) is 13.2 Å². The van der Waals surface area contributed by atoms with Crippen LogP contribution in [-0.2, 0) is 16.1 Å². The maximum Gasteiger partial charge on any atom is 0.351 e. The van der Waals surface area contributed by atoms with E-state index in [1.54, 1.807) is 42.5 Å². The first-order valence-corrected chi connectivity index (χ1v) is 6.81. The molecular weight excluding hydrogens is 282 g/mol. The smallest absolute Gasteiger partial charge is 0.351 e. The van der Waals surface area contributed by atoms with Gasteiger partial charge in [0.1, 0.15) is 13.2 Å². The first kappa shape index (κ1) is 14.0. The van der Waals surface area contributed by atoms with Gasteiger partial charge >= 0.3 is 5.97 Å². The Labute approximate surface area is 127 Å². The summed E-state index contributed by atoms with van der Waals surface area (Å²) in [4.78, 5) is 12.1. The van der Waals surface area contributed by atoms with Gasteiger partial charge in [0, 0.05) is 5.56 Å². The SMILES string of the molecule is N#Cc1ccccc1COC(=O)C1COc2ccccc2O1. The molecule has 3 rings (SSSR count). The zero-order valence-corrected chi connectivity index (χ0v) is 11.7. The minimum absolute atomic E-state index is 0.0318. The molecule has 1 heterocycles. The number of nitrogens with zero attached hydrogens (tertiary/aromatic N) is 1. The molecule has 0 saturated carbocycles. The van der Waals surface area contributed by atoms with E-state index < -0.39 is 12.1 Å². The van der Waals surface area contributed by atoms with Crippen molar-refractivity contribution in [1.29, 1.82) is 5.26 Å². The summed E-state index contributed by atoms with van der Waals surface area (Å²) in [5, 5.41) is 9.01. The van der Waals surface area contributed by atoms with Crippen LogP contribution in [0.2, 0.25) is 0 Å². The van der Waals surface area contributed by atoms with Crippen molar-refractivity contribution in [1.82, 2.24) is 0 Å². The summed E-state index contributed by atoms with van der Waals surface area (Å²) >= 11 is 0. The van der Waals surface area contributed by atoms with Crippen molar-refractivity contribution in [3.05, 3.63) is 59.7 Å². The number of carbonyl (C=O) groups excluding carboxylic acids is 1. The number of esters is 1. The molecule has 0 bridgehead atoms. The number of hydrogen-bond donors (Lipinski definition) is 0. The summed E-state index contributed by atoms with van der Waals surface area (Å²) in [6, 6.07) is 16.2. The summed E-state index contributed by atoms with van der Waals surface area (Å²) in [6.07, 6.45) is -0.802. The zero-order chi connectivity index (χ0) is 15.4. The minimum Gasteiger partial charge on any atom is -0.485 e. The summed E-state index contributed by atoms with van der Waals surface area (Å²) < 4.78 is 16.3. The Morgan fingerprint density at radius 3 is 2.73 bits per heavy atom. The summed E-state index contributed by atoms with van der Waals surface area (Å²) in [6.45, 7) is 0.139. The van der Waals surface area contributed by atoms with Gasteiger partial charge in [0.15, 0.2) is 11.5 Å². The average Bonchev–Trinajstić information content (AvgIpc) is 2.59. The number of fused-ring (bicyclic) bond motifs is 1. The number of carbonyl (C=O) groups is 1. The molecular formula is C17H13NO4. The molecule has 2 aromatic carbocycles. The van der Waals surface area contributed by atoms with Gasteiger partial charge in [0.25, 0.3) is 0 Å². The van der Waals surface area contributed by atoms with Crippen LogP contribution in [0.3, 0.4) is 0 Å². The molecule has 1 aliphatic heterocycles. The Bertz CT molecular complexity index is 735. The first-order valence-electron chi connectivity index (χ1n) is 6.81. The van der Waals surface area contributed by atoms with Gasteiger partial charge in [0.05, 0.1) is 11.6 Å². The van der Waals surface area contributed by atoms with Crippen LogP contribution < -0.4 is 9.47 Å². The molecule has 5 nitrogen and oxygen atoms in total. The monoisotopic (exact) mass is 295 g/mol. The fourth-order valence-corrected chi connectivity index (χ4v) is 2.13. The van der Waals surface area contributed by atoms with E-state index in [0.717, 1.165) is 0 Å². The van der Waals surface area contributed by atoms with E-state index in [0.29, 0.717) is 22.6 Å². The van der Waals surface area contributed by atoms with Crippen molar-refractivity contribution in [3.8, 4) is 17.6 Å².